The zero-order chi connectivity index (χ0) is 9.84. The summed E-state index contributed by atoms with van der Waals surface area (Å²) in [5.41, 5.74) is 0. The predicted molar refractivity (Wildman–Crippen MR) is 44.2 cm³/mol. The molecule has 0 radical (unpaired) electrons. The minimum Gasteiger partial charge on any atom is -0.475 e. The summed E-state index contributed by atoms with van der Waals surface area (Å²) in [6.45, 7) is 2.58. The number of aliphatic carboxylic acids is 1. The molecule has 0 bridgehead atoms. The maximum atomic E-state index is 10.8. The normalized spacial score (nSPS) is 9.92. The summed E-state index contributed by atoms with van der Waals surface area (Å²) in [5, 5.41) is 8.36. The van der Waals surface area contributed by atoms with Crippen LogP contribution in [0, 0.1) is 0 Å². The van der Waals surface area contributed by atoms with Gasteiger partial charge in [-0.1, -0.05) is 0 Å². The Morgan fingerprint density at radius 3 is 2.85 bits per heavy atom. The van der Waals surface area contributed by atoms with Crippen molar-refractivity contribution in [1.29, 1.82) is 0 Å². The summed E-state index contributed by atoms with van der Waals surface area (Å²) in [6.07, 6.45) is 3.12. The van der Waals surface area contributed by atoms with E-state index < -0.39 is 11.8 Å². The van der Waals surface area contributed by atoms with Gasteiger partial charge in [0.1, 0.15) is 5.82 Å². The summed E-state index contributed by atoms with van der Waals surface area (Å²) in [5.74, 6) is -1.75. The number of nitrogens with zero attached hydrogens (tertiary/aromatic N) is 2. The quantitative estimate of drug-likeness (QED) is 0.670. The van der Waals surface area contributed by atoms with Crippen molar-refractivity contribution in [3.63, 3.8) is 0 Å². The monoisotopic (exact) mass is 182 g/mol. The fraction of sp³-hybridized carbons (Fsp3) is 0.375. The van der Waals surface area contributed by atoms with Crippen molar-refractivity contribution in [2.45, 2.75) is 19.9 Å². The van der Waals surface area contributed by atoms with Gasteiger partial charge < -0.3 is 9.67 Å². The molecule has 0 aliphatic rings. The average Bonchev–Trinajstić information content (AvgIpc) is 2.51. The Labute approximate surface area is 75.0 Å². The van der Waals surface area contributed by atoms with E-state index in [0.717, 1.165) is 0 Å². The molecule has 70 valence electrons. The highest BCUT2D eigenvalue weighted by molar-refractivity contribution is 6.33. The smallest absolute Gasteiger partial charge is 0.372 e. The van der Waals surface area contributed by atoms with Crippen LogP contribution in [-0.4, -0.2) is 26.4 Å². The molecule has 0 aromatic carbocycles. The summed E-state index contributed by atoms with van der Waals surface area (Å²) >= 11 is 0. The molecule has 1 aromatic rings. The molecule has 5 nitrogen and oxygen atoms in total. The highest BCUT2D eigenvalue weighted by Crippen LogP contribution is 1.99. The van der Waals surface area contributed by atoms with Gasteiger partial charge in [-0.05, 0) is 6.92 Å². The number of ketones is 1. The number of hydrogen-bond donors (Lipinski definition) is 1. The van der Waals surface area contributed by atoms with Crippen LogP contribution in [0.25, 0.3) is 0 Å². The van der Waals surface area contributed by atoms with Crippen molar-refractivity contribution < 1.29 is 14.7 Å². The Morgan fingerprint density at radius 1 is 1.62 bits per heavy atom. The third-order valence-electron chi connectivity index (χ3n) is 1.70. The van der Waals surface area contributed by atoms with Crippen molar-refractivity contribution in [1.82, 2.24) is 9.55 Å². The summed E-state index contributed by atoms with van der Waals surface area (Å²) < 4.78 is 1.74. The van der Waals surface area contributed by atoms with Gasteiger partial charge in [0.05, 0.1) is 6.42 Å². The van der Waals surface area contributed by atoms with Crippen molar-refractivity contribution >= 4 is 11.8 Å². The number of hydrogen-bond acceptors (Lipinski definition) is 3. The minimum atomic E-state index is -1.41. The zero-order valence-corrected chi connectivity index (χ0v) is 7.23. The number of aromatic nitrogens is 2. The molecule has 0 saturated heterocycles. The molecular formula is C8H10N2O3. The van der Waals surface area contributed by atoms with Gasteiger partial charge in [0, 0.05) is 18.9 Å². The van der Waals surface area contributed by atoms with Gasteiger partial charge >= 0.3 is 5.97 Å². The largest absolute Gasteiger partial charge is 0.475 e. The molecule has 1 heterocycles. The lowest BCUT2D eigenvalue weighted by atomic mass is 10.3. The molecule has 0 atom stereocenters. The lowest BCUT2D eigenvalue weighted by Gasteiger charge is -2.01. The van der Waals surface area contributed by atoms with Crippen LogP contribution in [0.5, 0.6) is 0 Å². The molecule has 5 heteroatoms. The molecule has 13 heavy (non-hydrogen) atoms. The van der Waals surface area contributed by atoms with Crippen LogP contribution < -0.4 is 0 Å². The van der Waals surface area contributed by atoms with Crippen LogP contribution in [-0.2, 0) is 22.6 Å². The van der Waals surface area contributed by atoms with Gasteiger partial charge in [-0.25, -0.2) is 9.78 Å². The number of imidazole rings is 1. The molecule has 0 aliphatic heterocycles. The van der Waals surface area contributed by atoms with Gasteiger partial charge in [-0.2, -0.15) is 0 Å². The van der Waals surface area contributed by atoms with Crippen LogP contribution in [0.3, 0.4) is 0 Å². The van der Waals surface area contributed by atoms with Gasteiger partial charge in [0.2, 0.25) is 5.78 Å². The number of carboxylic acids is 1. The number of rotatable bonds is 4. The van der Waals surface area contributed by atoms with E-state index in [1.54, 1.807) is 17.0 Å². The van der Waals surface area contributed by atoms with E-state index in [2.05, 4.69) is 4.98 Å². The fourth-order valence-electron chi connectivity index (χ4n) is 1.01. The van der Waals surface area contributed by atoms with Crippen molar-refractivity contribution in [3.05, 3.63) is 18.2 Å². The molecule has 0 amide bonds. The number of Topliss-reactive ketones (excluding diaryl/α,β-unsaturated/α-hetero) is 1. The fourth-order valence-corrected chi connectivity index (χ4v) is 1.01. The topological polar surface area (TPSA) is 72.2 Å². The molecule has 1 aromatic heterocycles. The standard InChI is InChI=1S/C8H10N2O3/c1-2-10-4-3-9-7(10)5-6(11)8(12)13/h3-4H,2,5H2,1H3,(H,12,13). The second-order valence-electron chi connectivity index (χ2n) is 2.53. The Balaban J connectivity index is 2.74. The van der Waals surface area contributed by atoms with Gasteiger partial charge in [-0.15, -0.1) is 0 Å². The first-order valence-corrected chi connectivity index (χ1v) is 3.91. The molecule has 0 spiro atoms. The highest BCUT2D eigenvalue weighted by atomic mass is 16.4. The first-order chi connectivity index (χ1) is 6.15. The Hall–Kier alpha value is -1.65. The highest BCUT2D eigenvalue weighted by Gasteiger charge is 2.14. The molecule has 1 N–H and O–H groups in total. The van der Waals surface area contributed by atoms with E-state index in [4.69, 9.17) is 5.11 Å². The third-order valence-corrected chi connectivity index (χ3v) is 1.70. The molecule has 0 saturated carbocycles. The van der Waals surface area contributed by atoms with Gasteiger partial charge in [0.15, 0.2) is 0 Å². The lowest BCUT2D eigenvalue weighted by Crippen LogP contribution is -2.17. The van der Waals surface area contributed by atoms with E-state index in [0.29, 0.717) is 12.4 Å². The van der Waals surface area contributed by atoms with Crippen molar-refractivity contribution in [3.8, 4) is 0 Å². The van der Waals surface area contributed by atoms with Gasteiger partial charge in [-0.3, -0.25) is 4.79 Å². The van der Waals surface area contributed by atoms with E-state index in [1.165, 1.54) is 0 Å². The van der Waals surface area contributed by atoms with Crippen molar-refractivity contribution in [2.75, 3.05) is 0 Å². The maximum absolute atomic E-state index is 10.8. The maximum Gasteiger partial charge on any atom is 0.372 e. The summed E-state index contributed by atoms with van der Waals surface area (Å²) in [4.78, 5) is 25.0. The van der Waals surface area contributed by atoms with Crippen LogP contribution in [0.1, 0.15) is 12.7 Å². The molecular weight excluding hydrogens is 172 g/mol. The predicted octanol–water partition coefficient (Wildman–Crippen LogP) is 0.0992. The SMILES string of the molecule is CCn1ccnc1CC(=O)C(=O)O. The summed E-state index contributed by atoms with van der Waals surface area (Å²) in [7, 11) is 0. The van der Waals surface area contributed by atoms with E-state index in [9.17, 15) is 9.59 Å². The summed E-state index contributed by atoms with van der Waals surface area (Å²) in [6, 6.07) is 0. The average molecular weight is 182 g/mol. The van der Waals surface area contributed by atoms with Crippen molar-refractivity contribution in [2.24, 2.45) is 0 Å². The first-order valence-electron chi connectivity index (χ1n) is 3.91. The minimum absolute atomic E-state index is 0.143. The first kappa shape index (κ1) is 9.44. The lowest BCUT2D eigenvalue weighted by molar-refractivity contribution is -0.148. The Kier molecular flexibility index (Phi) is 2.79. The molecule has 0 unspecified atom stereocenters. The second kappa shape index (κ2) is 3.84. The Bertz CT molecular complexity index is 330. The number of carboxylic acid groups (broad SMARTS) is 1. The van der Waals surface area contributed by atoms with Crippen LogP contribution in [0.15, 0.2) is 12.4 Å². The molecule has 0 aliphatic carbocycles. The second-order valence-corrected chi connectivity index (χ2v) is 2.53. The zero-order valence-electron chi connectivity index (χ0n) is 7.23. The van der Waals surface area contributed by atoms with Crippen LogP contribution in [0.2, 0.25) is 0 Å². The van der Waals surface area contributed by atoms with E-state index in [-0.39, 0.29) is 6.42 Å². The number of carbonyl (C=O) groups is 2. The number of carbonyl (C=O) groups excluding carboxylic acids is 1. The van der Waals surface area contributed by atoms with Crippen LogP contribution in [0.4, 0.5) is 0 Å². The number of aryl methyl sites for hydroxylation is 1. The third kappa shape index (κ3) is 2.14. The molecule has 1 rings (SSSR count). The van der Waals surface area contributed by atoms with Crippen LogP contribution >= 0.6 is 0 Å². The van der Waals surface area contributed by atoms with E-state index in [1.807, 2.05) is 6.92 Å². The van der Waals surface area contributed by atoms with Gasteiger partial charge in [0.25, 0.3) is 0 Å². The molecule has 0 fully saturated rings. The Morgan fingerprint density at radius 2 is 2.31 bits per heavy atom. The van der Waals surface area contributed by atoms with E-state index >= 15 is 0 Å².